The number of fused-ring (bicyclic) bond motifs is 5. The van der Waals surface area contributed by atoms with E-state index < -0.39 is 6.17 Å². The van der Waals surface area contributed by atoms with Crippen molar-refractivity contribution in [1.29, 1.82) is 0 Å². The number of halogens is 1. The van der Waals surface area contributed by atoms with E-state index in [0.29, 0.717) is 30.0 Å². The molecule has 3 saturated carbocycles. The van der Waals surface area contributed by atoms with Crippen molar-refractivity contribution in [1.82, 2.24) is 0 Å². The van der Waals surface area contributed by atoms with Crippen LogP contribution in [-0.4, -0.2) is 12.0 Å². The molecule has 0 amide bonds. The molecule has 1 aromatic carbocycles. The van der Waals surface area contributed by atoms with Crippen LogP contribution in [0.1, 0.15) is 77.7 Å². The standard InChI is InChI=1S/C28H37FO/c1-19(30)28(18-20-7-5-4-6-8-20)16-13-25-23-10-9-21-17-22(29)11-14-26(21,2)24(23)12-15-27(25,28)3/h4-9,22-25H,10-18H2,1-3H3/t22-,23+,24-,25-,26-,27-,28-/m0/s1. The summed E-state index contributed by atoms with van der Waals surface area (Å²) in [6.45, 7) is 6.73. The normalized spacial score (nSPS) is 45.1. The molecule has 0 aliphatic heterocycles. The summed E-state index contributed by atoms with van der Waals surface area (Å²) in [6.07, 6.45) is 10.7. The van der Waals surface area contributed by atoms with Gasteiger partial charge in [-0.2, -0.15) is 0 Å². The van der Waals surface area contributed by atoms with Crippen molar-refractivity contribution in [2.24, 2.45) is 34.0 Å². The van der Waals surface area contributed by atoms with Crippen LogP contribution >= 0.6 is 0 Å². The zero-order valence-corrected chi connectivity index (χ0v) is 18.9. The number of ketones is 1. The second-order valence-corrected chi connectivity index (χ2v) is 11.4. The average molecular weight is 409 g/mol. The Hall–Kier alpha value is -1.44. The first-order chi connectivity index (χ1) is 14.3. The fourth-order valence-corrected chi connectivity index (χ4v) is 8.69. The van der Waals surface area contributed by atoms with Gasteiger partial charge < -0.3 is 0 Å². The number of carbonyl (C=O) groups is 1. The van der Waals surface area contributed by atoms with Gasteiger partial charge >= 0.3 is 0 Å². The fourth-order valence-electron chi connectivity index (χ4n) is 8.69. The highest BCUT2D eigenvalue weighted by molar-refractivity contribution is 5.84. The molecule has 7 atom stereocenters. The molecule has 4 aliphatic rings. The second-order valence-electron chi connectivity index (χ2n) is 11.4. The van der Waals surface area contributed by atoms with Crippen LogP contribution in [0, 0.1) is 34.0 Å². The van der Waals surface area contributed by atoms with Crippen molar-refractivity contribution < 1.29 is 9.18 Å². The Balaban J connectivity index is 1.50. The molecule has 4 aliphatic carbocycles. The topological polar surface area (TPSA) is 17.1 Å². The van der Waals surface area contributed by atoms with Gasteiger partial charge in [0.25, 0.3) is 0 Å². The highest BCUT2D eigenvalue weighted by atomic mass is 19.1. The third-order valence-corrected chi connectivity index (χ3v) is 10.4. The van der Waals surface area contributed by atoms with Crippen molar-refractivity contribution in [3.05, 3.63) is 47.5 Å². The van der Waals surface area contributed by atoms with E-state index in [1.54, 1.807) is 0 Å². The molecule has 0 heterocycles. The van der Waals surface area contributed by atoms with Crippen LogP contribution in [0.5, 0.6) is 0 Å². The molecule has 0 bridgehead atoms. The van der Waals surface area contributed by atoms with E-state index in [0.717, 1.165) is 38.5 Å². The number of alkyl halides is 1. The number of carbonyl (C=O) groups excluding carboxylic acids is 1. The summed E-state index contributed by atoms with van der Waals surface area (Å²) in [4.78, 5) is 13.3. The number of hydrogen-bond acceptors (Lipinski definition) is 1. The van der Waals surface area contributed by atoms with Gasteiger partial charge in [-0.15, -0.1) is 0 Å². The SMILES string of the molecule is CC(=O)[C@@]1(Cc2ccccc2)CC[C@H]2[C@@H]3CC=C4C[C@@H](F)CC[C@]4(C)[C@H]3CC[C@@]21C. The van der Waals surface area contributed by atoms with Crippen molar-refractivity contribution in [3.63, 3.8) is 0 Å². The van der Waals surface area contributed by atoms with E-state index in [1.807, 2.05) is 6.92 Å². The fraction of sp³-hybridized carbons (Fsp3) is 0.679. The Kier molecular flexibility index (Phi) is 4.80. The van der Waals surface area contributed by atoms with Gasteiger partial charge in [0.15, 0.2) is 0 Å². The minimum absolute atomic E-state index is 0.0782. The van der Waals surface area contributed by atoms with Crippen LogP contribution in [0.25, 0.3) is 0 Å². The van der Waals surface area contributed by atoms with Gasteiger partial charge in [0.2, 0.25) is 0 Å². The number of rotatable bonds is 3. The van der Waals surface area contributed by atoms with E-state index in [1.165, 1.54) is 24.0 Å². The van der Waals surface area contributed by atoms with Gasteiger partial charge in [-0.25, -0.2) is 4.39 Å². The van der Waals surface area contributed by atoms with Gasteiger partial charge in [-0.3, -0.25) is 4.79 Å². The maximum Gasteiger partial charge on any atom is 0.136 e. The molecule has 2 heteroatoms. The van der Waals surface area contributed by atoms with Crippen LogP contribution < -0.4 is 0 Å². The smallest absolute Gasteiger partial charge is 0.136 e. The van der Waals surface area contributed by atoms with Crippen LogP contribution in [0.15, 0.2) is 42.0 Å². The van der Waals surface area contributed by atoms with Crippen LogP contribution in [0.3, 0.4) is 0 Å². The molecule has 162 valence electrons. The summed E-state index contributed by atoms with van der Waals surface area (Å²) >= 11 is 0. The molecule has 5 rings (SSSR count). The van der Waals surface area contributed by atoms with E-state index in [2.05, 4.69) is 50.3 Å². The van der Waals surface area contributed by atoms with Crippen molar-refractivity contribution >= 4 is 5.78 Å². The van der Waals surface area contributed by atoms with Gasteiger partial charge in [-0.1, -0.05) is 55.8 Å². The molecule has 1 aromatic rings. The summed E-state index contributed by atoms with van der Waals surface area (Å²) in [6, 6.07) is 10.7. The number of hydrogen-bond donors (Lipinski definition) is 0. The Morgan fingerprint density at radius 2 is 1.77 bits per heavy atom. The molecule has 3 fully saturated rings. The Labute approximate surface area is 181 Å². The minimum Gasteiger partial charge on any atom is -0.299 e. The number of allylic oxidation sites excluding steroid dienone is 2. The number of Topliss-reactive ketones (excluding diaryl/α,β-unsaturated/α-hetero) is 1. The minimum atomic E-state index is -0.641. The third-order valence-electron chi connectivity index (χ3n) is 10.4. The zero-order chi connectivity index (χ0) is 21.1. The summed E-state index contributed by atoms with van der Waals surface area (Å²) in [7, 11) is 0. The first-order valence-corrected chi connectivity index (χ1v) is 12.2. The molecule has 0 radical (unpaired) electrons. The molecule has 0 spiro atoms. The number of benzene rings is 1. The quantitative estimate of drug-likeness (QED) is 0.487. The highest BCUT2D eigenvalue weighted by Crippen LogP contribution is 2.70. The summed E-state index contributed by atoms with van der Waals surface area (Å²) in [5.74, 6) is 2.33. The first-order valence-electron chi connectivity index (χ1n) is 12.2. The van der Waals surface area contributed by atoms with Crippen molar-refractivity contribution in [2.45, 2.75) is 84.7 Å². The van der Waals surface area contributed by atoms with Crippen molar-refractivity contribution in [3.8, 4) is 0 Å². The van der Waals surface area contributed by atoms with Gasteiger partial charge in [-0.05, 0) is 92.4 Å². The van der Waals surface area contributed by atoms with E-state index in [4.69, 9.17) is 0 Å². The van der Waals surface area contributed by atoms with Crippen LogP contribution in [0.4, 0.5) is 4.39 Å². The summed E-state index contributed by atoms with van der Waals surface area (Å²) in [5, 5.41) is 0. The Morgan fingerprint density at radius 3 is 2.50 bits per heavy atom. The summed E-state index contributed by atoms with van der Waals surface area (Å²) in [5.41, 5.74) is 2.75. The van der Waals surface area contributed by atoms with Crippen LogP contribution in [0.2, 0.25) is 0 Å². The van der Waals surface area contributed by atoms with E-state index in [9.17, 15) is 9.18 Å². The lowest BCUT2D eigenvalue weighted by Crippen LogP contribution is -2.54. The lowest BCUT2D eigenvalue weighted by molar-refractivity contribution is -0.140. The van der Waals surface area contributed by atoms with Gasteiger partial charge in [0.1, 0.15) is 12.0 Å². The highest BCUT2D eigenvalue weighted by Gasteiger charge is 2.65. The monoisotopic (exact) mass is 408 g/mol. The largest absolute Gasteiger partial charge is 0.299 e. The molecule has 0 N–H and O–H groups in total. The predicted molar refractivity (Wildman–Crippen MR) is 120 cm³/mol. The first kappa shape index (κ1) is 20.5. The maximum atomic E-state index is 14.1. The second kappa shape index (κ2) is 7.04. The molecule has 0 unspecified atom stereocenters. The zero-order valence-electron chi connectivity index (χ0n) is 18.9. The molecule has 0 aromatic heterocycles. The predicted octanol–water partition coefficient (Wildman–Crippen LogP) is 7.11. The summed E-state index contributed by atoms with van der Waals surface area (Å²) < 4.78 is 14.1. The molecule has 30 heavy (non-hydrogen) atoms. The molecular weight excluding hydrogens is 371 g/mol. The van der Waals surface area contributed by atoms with Gasteiger partial charge in [0.05, 0.1) is 0 Å². The van der Waals surface area contributed by atoms with Crippen molar-refractivity contribution in [2.75, 3.05) is 0 Å². The molecule has 1 nitrogen and oxygen atoms in total. The van der Waals surface area contributed by atoms with E-state index in [-0.39, 0.29) is 16.2 Å². The molecular formula is C28H37FO. The lowest BCUT2D eigenvalue weighted by atomic mass is 9.45. The average Bonchev–Trinajstić information content (AvgIpc) is 3.03. The van der Waals surface area contributed by atoms with Crippen LogP contribution in [-0.2, 0) is 11.2 Å². The van der Waals surface area contributed by atoms with Gasteiger partial charge in [0, 0.05) is 11.8 Å². The lowest BCUT2D eigenvalue weighted by Gasteiger charge is -2.59. The third kappa shape index (κ3) is 2.74. The molecule has 0 saturated heterocycles. The Morgan fingerprint density at radius 1 is 1.03 bits per heavy atom. The van der Waals surface area contributed by atoms with E-state index >= 15 is 0 Å². The Bertz CT molecular complexity index is 859. The maximum absolute atomic E-state index is 14.1.